The molecule has 0 aliphatic carbocycles. The minimum atomic E-state index is -0.840. The fourth-order valence-electron chi connectivity index (χ4n) is 3.59. The van der Waals surface area contributed by atoms with Gasteiger partial charge in [-0.25, -0.2) is 9.69 Å². The highest BCUT2D eigenvalue weighted by Gasteiger charge is 2.37. The summed E-state index contributed by atoms with van der Waals surface area (Å²) in [5.74, 6) is -0.585. The summed E-state index contributed by atoms with van der Waals surface area (Å²) in [4.78, 5) is 39.5. The second kappa shape index (κ2) is 10.0. The summed E-state index contributed by atoms with van der Waals surface area (Å²) >= 11 is 6.09. The van der Waals surface area contributed by atoms with E-state index >= 15 is 0 Å². The number of hydrogen-bond acceptors (Lipinski definition) is 5. The molecule has 0 saturated carbocycles. The fourth-order valence-corrected chi connectivity index (χ4v) is 3.75. The fraction of sp³-hybridized carbons (Fsp3) is 0.148. The van der Waals surface area contributed by atoms with Crippen molar-refractivity contribution in [3.8, 4) is 11.5 Å². The van der Waals surface area contributed by atoms with Crippen LogP contribution in [0.25, 0.3) is 6.08 Å². The number of imide groups is 2. The lowest BCUT2D eigenvalue weighted by Gasteiger charge is -2.27. The number of rotatable bonds is 6. The molecule has 1 heterocycles. The van der Waals surface area contributed by atoms with Gasteiger partial charge in [0.15, 0.2) is 0 Å². The third kappa shape index (κ3) is 5.20. The molecule has 0 radical (unpaired) electrons. The molecule has 35 heavy (non-hydrogen) atoms. The lowest BCUT2D eigenvalue weighted by molar-refractivity contribution is -0.122. The average molecular weight is 491 g/mol. The molecule has 0 aromatic heterocycles. The van der Waals surface area contributed by atoms with Crippen LogP contribution in [0.1, 0.15) is 22.3 Å². The van der Waals surface area contributed by atoms with Crippen molar-refractivity contribution < 1.29 is 23.9 Å². The van der Waals surface area contributed by atoms with Crippen molar-refractivity contribution in [3.05, 3.63) is 93.5 Å². The summed E-state index contributed by atoms with van der Waals surface area (Å²) in [7, 11) is 1.53. The monoisotopic (exact) mass is 490 g/mol. The van der Waals surface area contributed by atoms with Crippen molar-refractivity contribution in [2.24, 2.45) is 0 Å². The first kappa shape index (κ1) is 24.0. The van der Waals surface area contributed by atoms with E-state index in [2.05, 4.69) is 5.32 Å². The zero-order chi connectivity index (χ0) is 25.1. The number of nitrogens with zero attached hydrogens (tertiary/aromatic N) is 1. The Labute approximate surface area is 207 Å². The Balaban J connectivity index is 1.70. The maximum atomic E-state index is 13.3. The second-order valence-electron chi connectivity index (χ2n) is 8.07. The number of nitrogens with one attached hydrogen (secondary N) is 1. The number of benzene rings is 3. The summed E-state index contributed by atoms with van der Waals surface area (Å²) in [5.41, 5.74) is 3.30. The third-order valence-corrected chi connectivity index (χ3v) is 5.78. The van der Waals surface area contributed by atoms with E-state index in [1.54, 1.807) is 37.3 Å². The number of ether oxygens (including phenoxy) is 2. The van der Waals surface area contributed by atoms with Gasteiger partial charge in [0.25, 0.3) is 11.8 Å². The van der Waals surface area contributed by atoms with Gasteiger partial charge in [-0.05, 0) is 55.3 Å². The van der Waals surface area contributed by atoms with Gasteiger partial charge in [-0.3, -0.25) is 14.9 Å². The van der Waals surface area contributed by atoms with Crippen molar-refractivity contribution >= 4 is 41.2 Å². The number of methoxy groups -OCH3 is 1. The molecule has 1 fully saturated rings. The van der Waals surface area contributed by atoms with E-state index in [0.29, 0.717) is 33.3 Å². The molecule has 3 aromatic carbocycles. The molecule has 4 rings (SSSR count). The number of carbonyl (C=O) groups excluding carboxylic acids is 3. The lowest BCUT2D eigenvalue weighted by atomic mass is 10.0. The van der Waals surface area contributed by atoms with Crippen molar-refractivity contribution in [1.29, 1.82) is 0 Å². The minimum absolute atomic E-state index is 0.214. The van der Waals surface area contributed by atoms with Crippen molar-refractivity contribution in [2.75, 3.05) is 12.0 Å². The normalized spacial score (nSPS) is 14.8. The van der Waals surface area contributed by atoms with E-state index in [9.17, 15) is 14.4 Å². The zero-order valence-electron chi connectivity index (χ0n) is 19.4. The van der Waals surface area contributed by atoms with E-state index in [1.807, 2.05) is 31.2 Å². The summed E-state index contributed by atoms with van der Waals surface area (Å²) in [6.07, 6.45) is 1.40. The van der Waals surface area contributed by atoms with E-state index in [-0.39, 0.29) is 12.2 Å². The average Bonchev–Trinajstić information content (AvgIpc) is 2.83. The molecule has 8 heteroatoms. The first-order valence-corrected chi connectivity index (χ1v) is 11.2. The van der Waals surface area contributed by atoms with Crippen LogP contribution >= 0.6 is 11.6 Å². The molecule has 4 amide bonds. The van der Waals surface area contributed by atoms with Crippen LogP contribution in [0, 0.1) is 13.8 Å². The summed E-state index contributed by atoms with van der Waals surface area (Å²) in [6, 6.07) is 17.0. The minimum Gasteiger partial charge on any atom is -0.497 e. The largest absolute Gasteiger partial charge is 0.497 e. The number of aryl methyl sites for hydroxylation is 2. The van der Waals surface area contributed by atoms with Gasteiger partial charge in [0.1, 0.15) is 23.7 Å². The SMILES string of the molecule is COc1ccc(/C=C2\C(=O)NC(=O)N(c3cc(Cl)ccc3C)C2=O)c(OCc2ccc(C)cc2)c1. The number of barbiturate groups is 1. The first-order chi connectivity index (χ1) is 16.8. The molecule has 0 bridgehead atoms. The van der Waals surface area contributed by atoms with Crippen LogP contribution in [-0.4, -0.2) is 25.0 Å². The second-order valence-corrected chi connectivity index (χ2v) is 8.50. The standard InChI is InChI=1S/C27H23ClN2O5/c1-16-4-7-18(8-5-16)15-35-24-14-21(34-3)11-9-19(24)12-22-25(31)29-27(33)30(26(22)32)23-13-20(28)10-6-17(23)2/h4-14H,15H2,1-3H3,(H,29,31,33)/b22-12+. The Kier molecular flexibility index (Phi) is 6.89. The number of hydrogen-bond donors (Lipinski definition) is 1. The Morgan fingerprint density at radius 1 is 0.971 bits per heavy atom. The molecule has 1 saturated heterocycles. The van der Waals surface area contributed by atoms with Gasteiger partial charge in [-0.1, -0.05) is 47.5 Å². The lowest BCUT2D eigenvalue weighted by Crippen LogP contribution is -2.54. The quantitative estimate of drug-likeness (QED) is 0.378. The van der Waals surface area contributed by atoms with Crippen molar-refractivity contribution in [1.82, 2.24) is 5.32 Å². The predicted molar refractivity (Wildman–Crippen MR) is 134 cm³/mol. The Bertz CT molecular complexity index is 1350. The molecule has 1 aliphatic rings. The van der Waals surface area contributed by atoms with Crippen molar-refractivity contribution in [2.45, 2.75) is 20.5 Å². The van der Waals surface area contributed by atoms with E-state index in [0.717, 1.165) is 16.0 Å². The molecule has 3 aromatic rings. The first-order valence-electron chi connectivity index (χ1n) is 10.8. The number of urea groups is 1. The van der Waals surface area contributed by atoms with Crippen molar-refractivity contribution in [3.63, 3.8) is 0 Å². The molecular formula is C27H23ClN2O5. The number of carbonyl (C=O) groups is 3. The van der Waals surface area contributed by atoms with Crippen LogP contribution in [-0.2, 0) is 16.2 Å². The van der Waals surface area contributed by atoms with Crippen LogP contribution in [0.5, 0.6) is 11.5 Å². The van der Waals surface area contributed by atoms with E-state index < -0.39 is 17.8 Å². The molecule has 0 unspecified atom stereocenters. The van der Waals surface area contributed by atoms with Crippen LogP contribution in [0.15, 0.2) is 66.2 Å². The summed E-state index contributed by atoms with van der Waals surface area (Å²) < 4.78 is 11.3. The molecule has 0 spiro atoms. The van der Waals surface area contributed by atoms with Crippen LogP contribution < -0.4 is 19.7 Å². The Hall–Kier alpha value is -4.10. The molecular weight excluding hydrogens is 468 g/mol. The smallest absolute Gasteiger partial charge is 0.335 e. The highest BCUT2D eigenvalue weighted by Crippen LogP contribution is 2.31. The Morgan fingerprint density at radius 3 is 2.43 bits per heavy atom. The molecule has 0 atom stereocenters. The van der Waals surface area contributed by atoms with Gasteiger partial charge < -0.3 is 9.47 Å². The van der Waals surface area contributed by atoms with E-state index in [1.165, 1.54) is 19.3 Å². The number of halogens is 1. The Morgan fingerprint density at radius 2 is 1.71 bits per heavy atom. The van der Waals surface area contributed by atoms with Gasteiger partial charge in [-0.2, -0.15) is 0 Å². The van der Waals surface area contributed by atoms with Gasteiger partial charge in [-0.15, -0.1) is 0 Å². The molecule has 1 aliphatic heterocycles. The van der Waals surface area contributed by atoms with Crippen LogP contribution in [0.2, 0.25) is 5.02 Å². The van der Waals surface area contributed by atoms with Gasteiger partial charge in [0.05, 0.1) is 12.8 Å². The topological polar surface area (TPSA) is 84.9 Å². The molecule has 7 nitrogen and oxygen atoms in total. The van der Waals surface area contributed by atoms with E-state index in [4.69, 9.17) is 21.1 Å². The highest BCUT2D eigenvalue weighted by molar-refractivity contribution is 6.39. The number of amides is 4. The molecule has 178 valence electrons. The van der Waals surface area contributed by atoms with Crippen LogP contribution in [0.3, 0.4) is 0 Å². The van der Waals surface area contributed by atoms with Gasteiger partial charge in [0, 0.05) is 16.7 Å². The highest BCUT2D eigenvalue weighted by atomic mass is 35.5. The maximum absolute atomic E-state index is 13.3. The molecule has 1 N–H and O–H groups in total. The summed E-state index contributed by atoms with van der Waals surface area (Å²) in [6.45, 7) is 4.02. The third-order valence-electron chi connectivity index (χ3n) is 5.55. The van der Waals surface area contributed by atoms with Gasteiger partial charge in [0.2, 0.25) is 0 Å². The summed E-state index contributed by atoms with van der Waals surface area (Å²) in [5, 5.41) is 2.59. The predicted octanol–water partition coefficient (Wildman–Crippen LogP) is 5.21. The number of anilines is 1. The van der Waals surface area contributed by atoms with Gasteiger partial charge >= 0.3 is 6.03 Å². The zero-order valence-corrected chi connectivity index (χ0v) is 20.2. The van der Waals surface area contributed by atoms with Crippen LogP contribution in [0.4, 0.5) is 10.5 Å². The maximum Gasteiger partial charge on any atom is 0.335 e.